The topological polar surface area (TPSA) is 26.0 Å². The number of nitrogens with two attached hydrogens (primary N) is 1. The van der Waals surface area contributed by atoms with Crippen LogP contribution < -0.4 is 5.73 Å². The highest BCUT2D eigenvalue weighted by atomic mass is 79.9. The van der Waals surface area contributed by atoms with Gasteiger partial charge in [-0.3, -0.25) is 0 Å². The first-order chi connectivity index (χ1) is 7.30. The average molecular weight is 305 g/mol. The van der Waals surface area contributed by atoms with Crippen LogP contribution in [0.15, 0.2) is 22.7 Å². The fourth-order valence-corrected chi connectivity index (χ4v) is 2.86. The molecule has 0 aromatic heterocycles. The molecular weight excluding hydrogens is 286 g/mol. The van der Waals surface area contributed by atoms with Crippen molar-refractivity contribution in [2.24, 2.45) is 11.1 Å². The predicted molar refractivity (Wildman–Crippen MR) is 74.9 cm³/mol. The first-order valence-corrected chi connectivity index (χ1v) is 6.67. The van der Waals surface area contributed by atoms with Crippen LogP contribution in [0.25, 0.3) is 0 Å². The van der Waals surface area contributed by atoms with Crippen LogP contribution in [0.1, 0.15) is 32.8 Å². The zero-order valence-electron chi connectivity index (χ0n) is 10.1. The molecule has 0 radical (unpaired) electrons. The second kappa shape index (κ2) is 5.52. The van der Waals surface area contributed by atoms with Crippen LogP contribution in [0.2, 0.25) is 5.02 Å². The molecule has 1 aromatic carbocycles. The molecule has 0 aliphatic rings. The summed E-state index contributed by atoms with van der Waals surface area (Å²) in [7, 11) is 0. The molecule has 0 bridgehead atoms. The van der Waals surface area contributed by atoms with Gasteiger partial charge in [0.05, 0.1) is 0 Å². The van der Waals surface area contributed by atoms with Crippen molar-refractivity contribution in [1.82, 2.24) is 0 Å². The maximum atomic E-state index is 6.21. The van der Waals surface area contributed by atoms with Gasteiger partial charge in [-0.05, 0) is 42.9 Å². The van der Waals surface area contributed by atoms with Gasteiger partial charge >= 0.3 is 0 Å². The Morgan fingerprint density at radius 2 is 2.06 bits per heavy atom. The highest BCUT2D eigenvalue weighted by molar-refractivity contribution is 9.10. The van der Waals surface area contributed by atoms with E-state index in [1.165, 1.54) is 5.56 Å². The largest absolute Gasteiger partial charge is 0.328 e. The van der Waals surface area contributed by atoms with Gasteiger partial charge in [0.15, 0.2) is 0 Å². The summed E-state index contributed by atoms with van der Waals surface area (Å²) < 4.78 is 1.02. The second-order valence-electron chi connectivity index (χ2n) is 5.26. The van der Waals surface area contributed by atoms with E-state index in [0.29, 0.717) is 0 Å². The zero-order chi connectivity index (χ0) is 12.3. The molecule has 1 nitrogen and oxygen atoms in total. The minimum atomic E-state index is 0.186. The van der Waals surface area contributed by atoms with Crippen LogP contribution in [0.5, 0.6) is 0 Å². The third-order valence-corrected chi connectivity index (χ3v) is 3.40. The van der Waals surface area contributed by atoms with Gasteiger partial charge in [-0.25, -0.2) is 0 Å². The van der Waals surface area contributed by atoms with Crippen molar-refractivity contribution in [3.05, 3.63) is 33.3 Å². The molecule has 0 heterocycles. The highest BCUT2D eigenvalue weighted by Gasteiger charge is 2.21. The summed E-state index contributed by atoms with van der Waals surface area (Å²) in [6, 6.07) is 6.28. The Labute approximate surface area is 111 Å². The number of benzene rings is 1. The minimum Gasteiger partial charge on any atom is -0.328 e. The second-order valence-corrected chi connectivity index (χ2v) is 6.58. The smallest absolute Gasteiger partial charge is 0.0449 e. The molecule has 1 aromatic rings. The average Bonchev–Trinajstić information content (AvgIpc) is 2.07. The molecular formula is C13H19BrClN. The summed E-state index contributed by atoms with van der Waals surface area (Å²) in [6.45, 7) is 6.51. The molecule has 2 N–H and O–H groups in total. The van der Waals surface area contributed by atoms with E-state index >= 15 is 0 Å². The van der Waals surface area contributed by atoms with Gasteiger partial charge in [0.1, 0.15) is 0 Å². The van der Waals surface area contributed by atoms with E-state index in [1.807, 2.05) is 19.1 Å². The molecule has 90 valence electrons. The molecule has 16 heavy (non-hydrogen) atoms. The molecule has 0 aliphatic carbocycles. The van der Waals surface area contributed by atoms with Crippen molar-refractivity contribution >= 4 is 27.5 Å². The Bertz CT molecular complexity index is 361. The zero-order valence-corrected chi connectivity index (χ0v) is 12.4. The van der Waals surface area contributed by atoms with Crippen molar-refractivity contribution in [3.63, 3.8) is 0 Å². The number of halogens is 2. The SMILES string of the molecule is CC(N)CC(C)(C)Cc1ccc(Br)cc1Cl. The van der Waals surface area contributed by atoms with Gasteiger partial charge in [0, 0.05) is 15.5 Å². The van der Waals surface area contributed by atoms with E-state index in [0.717, 1.165) is 22.3 Å². The maximum Gasteiger partial charge on any atom is 0.0449 e. The van der Waals surface area contributed by atoms with E-state index in [2.05, 4.69) is 35.8 Å². The minimum absolute atomic E-state index is 0.186. The van der Waals surface area contributed by atoms with Crippen molar-refractivity contribution in [1.29, 1.82) is 0 Å². The van der Waals surface area contributed by atoms with Gasteiger partial charge in [-0.1, -0.05) is 47.4 Å². The highest BCUT2D eigenvalue weighted by Crippen LogP contribution is 2.31. The molecule has 3 heteroatoms. The van der Waals surface area contributed by atoms with Crippen LogP contribution in [-0.4, -0.2) is 6.04 Å². The van der Waals surface area contributed by atoms with E-state index in [-0.39, 0.29) is 11.5 Å². The van der Waals surface area contributed by atoms with Crippen molar-refractivity contribution in [3.8, 4) is 0 Å². The quantitative estimate of drug-likeness (QED) is 0.876. The first-order valence-electron chi connectivity index (χ1n) is 5.50. The predicted octanol–water partition coefficient (Wildman–Crippen LogP) is 4.41. The van der Waals surface area contributed by atoms with Gasteiger partial charge in [-0.2, -0.15) is 0 Å². The lowest BCUT2D eigenvalue weighted by atomic mass is 9.80. The van der Waals surface area contributed by atoms with Crippen molar-refractivity contribution in [2.75, 3.05) is 0 Å². The lowest BCUT2D eigenvalue weighted by Crippen LogP contribution is -2.26. The fourth-order valence-electron chi connectivity index (χ4n) is 2.12. The summed E-state index contributed by atoms with van der Waals surface area (Å²) in [5.74, 6) is 0. The standard InChI is InChI=1S/C13H19BrClN/c1-9(16)7-13(2,3)8-10-4-5-11(14)6-12(10)15/h4-6,9H,7-8,16H2,1-3H3. The lowest BCUT2D eigenvalue weighted by molar-refractivity contribution is 0.309. The van der Waals surface area contributed by atoms with E-state index < -0.39 is 0 Å². The monoisotopic (exact) mass is 303 g/mol. The Hall–Kier alpha value is -0.0500. The van der Waals surface area contributed by atoms with Crippen molar-refractivity contribution in [2.45, 2.75) is 39.7 Å². The fraction of sp³-hybridized carbons (Fsp3) is 0.538. The molecule has 0 spiro atoms. The molecule has 0 fully saturated rings. The number of hydrogen-bond acceptors (Lipinski definition) is 1. The van der Waals surface area contributed by atoms with E-state index in [1.54, 1.807) is 0 Å². The summed E-state index contributed by atoms with van der Waals surface area (Å²) in [4.78, 5) is 0. The molecule has 1 atom stereocenters. The summed E-state index contributed by atoms with van der Waals surface area (Å²) in [5, 5.41) is 0.826. The van der Waals surface area contributed by atoms with E-state index in [9.17, 15) is 0 Å². The van der Waals surface area contributed by atoms with Crippen LogP contribution in [0.4, 0.5) is 0 Å². The number of hydrogen-bond donors (Lipinski definition) is 1. The van der Waals surface area contributed by atoms with Gasteiger partial charge in [-0.15, -0.1) is 0 Å². The van der Waals surface area contributed by atoms with Crippen LogP contribution in [0.3, 0.4) is 0 Å². The third-order valence-electron chi connectivity index (χ3n) is 2.56. The Balaban J connectivity index is 2.79. The molecule has 0 amide bonds. The Morgan fingerprint density at radius 1 is 1.44 bits per heavy atom. The van der Waals surface area contributed by atoms with Gasteiger partial charge in [0.2, 0.25) is 0 Å². The van der Waals surface area contributed by atoms with Crippen molar-refractivity contribution < 1.29 is 0 Å². The molecule has 1 rings (SSSR count). The van der Waals surface area contributed by atoms with Gasteiger partial charge in [0.25, 0.3) is 0 Å². The Kier molecular flexibility index (Phi) is 4.84. The summed E-state index contributed by atoms with van der Waals surface area (Å²) in [5.41, 5.74) is 7.23. The normalized spacial score (nSPS) is 13.9. The van der Waals surface area contributed by atoms with E-state index in [4.69, 9.17) is 17.3 Å². The van der Waals surface area contributed by atoms with Crippen LogP contribution >= 0.6 is 27.5 Å². The van der Waals surface area contributed by atoms with Gasteiger partial charge < -0.3 is 5.73 Å². The Morgan fingerprint density at radius 3 is 2.56 bits per heavy atom. The molecule has 1 unspecified atom stereocenters. The third kappa shape index (κ3) is 4.44. The van der Waals surface area contributed by atoms with Crippen LogP contribution in [-0.2, 0) is 6.42 Å². The van der Waals surface area contributed by atoms with Crippen LogP contribution in [0, 0.1) is 5.41 Å². The molecule has 0 aliphatic heterocycles. The maximum absolute atomic E-state index is 6.21. The summed E-state index contributed by atoms with van der Waals surface area (Å²) in [6.07, 6.45) is 1.96. The first kappa shape index (κ1) is 14.0. The summed E-state index contributed by atoms with van der Waals surface area (Å²) >= 11 is 9.62. The molecule has 0 saturated carbocycles. The molecule has 0 saturated heterocycles. The number of rotatable bonds is 4. The lowest BCUT2D eigenvalue weighted by Gasteiger charge is -2.27.